The average Bonchev–Trinajstić information content (AvgIpc) is 3.29. The van der Waals surface area contributed by atoms with Crippen molar-refractivity contribution in [3.05, 3.63) is 108 Å². The lowest BCUT2D eigenvalue weighted by atomic mass is 9.97. The summed E-state index contributed by atoms with van der Waals surface area (Å²) >= 11 is 0. The Hall–Kier alpha value is -3.99. The van der Waals surface area contributed by atoms with Gasteiger partial charge in [0, 0.05) is 18.7 Å². The highest BCUT2D eigenvalue weighted by Gasteiger charge is 2.33. The lowest BCUT2D eigenvalue weighted by Gasteiger charge is -2.22. The van der Waals surface area contributed by atoms with Crippen LogP contribution >= 0.6 is 0 Å². The molecule has 1 amide bonds. The van der Waals surface area contributed by atoms with E-state index in [4.69, 9.17) is 9.84 Å². The van der Waals surface area contributed by atoms with Crippen molar-refractivity contribution in [3.8, 4) is 5.88 Å². The molecule has 0 radical (unpaired) electrons. The van der Waals surface area contributed by atoms with Crippen LogP contribution < -0.4 is 4.74 Å². The summed E-state index contributed by atoms with van der Waals surface area (Å²) in [6.45, 7) is -0.116. The normalized spacial score (nSPS) is 15.7. The molecular formula is C26H21N3O2. The third kappa shape index (κ3) is 4.03. The van der Waals surface area contributed by atoms with E-state index in [2.05, 4.69) is 35.3 Å². The minimum atomic E-state index is -0.199. The number of aromatic nitrogens is 1. The highest BCUT2D eigenvalue weighted by molar-refractivity contribution is 6.05. The van der Waals surface area contributed by atoms with Crippen LogP contribution in [0.15, 0.2) is 102 Å². The summed E-state index contributed by atoms with van der Waals surface area (Å²) in [5.74, 6) is 0.223. The zero-order valence-corrected chi connectivity index (χ0v) is 16.9. The maximum atomic E-state index is 13.1. The Morgan fingerprint density at radius 2 is 1.68 bits per heavy atom. The molecule has 0 saturated heterocycles. The van der Waals surface area contributed by atoms with Crippen LogP contribution in [0.25, 0.3) is 10.8 Å². The molecule has 5 rings (SSSR count). The lowest BCUT2D eigenvalue weighted by Crippen LogP contribution is -2.31. The summed E-state index contributed by atoms with van der Waals surface area (Å²) in [4.78, 5) is 17.2. The zero-order valence-electron chi connectivity index (χ0n) is 16.9. The Balaban J connectivity index is 1.44. The van der Waals surface area contributed by atoms with E-state index in [0.29, 0.717) is 12.3 Å². The topological polar surface area (TPSA) is 54.8 Å². The van der Waals surface area contributed by atoms with Gasteiger partial charge in [-0.15, -0.1) is 0 Å². The van der Waals surface area contributed by atoms with Gasteiger partial charge in [0.25, 0.3) is 5.91 Å². The average molecular weight is 407 g/mol. The number of ether oxygens (including phenoxy) is 1. The van der Waals surface area contributed by atoms with Gasteiger partial charge in [-0.25, -0.2) is 9.99 Å². The van der Waals surface area contributed by atoms with Crippen molar-refractivity contribution in [2.75, 3.05) is 6.61 Å². The monoisotopic (exact) mass is 407 g/mol. The van der Waals surface area contributed by atoms with Gasteiger partial charge >= 0.3 is 0 Å². The second-order valence-electron chi connectivity index (χ2n) is 7.43. The van der Waals surface area contributed by atoms with Gasteiger partial charge in [0.05, 0.1) is 11.8 Å². The number of rotatable bonds is 5. The van der Waals surface area contributed by atoms with E-state index in [0.717, 1.165) is 22.2 Å². The van der Waals surface area contributed by atoms with Gasteiger partial charge in [-0.1, -0.05) is 72.8 Å². The van der Waals surface area contributed by atoms with E-state index < -0.39 is 0 Å². The van der Waals surface area contributed by atoms with Crippen LogP contribution in [-0.2, 0) is 4.79 Å². The largest absolute Gasteiger partial charge is 0.467 e. The fraction of sp³-hybridized carbons (Fsp3) is 0.115. The number of carbonyl (C=O) groups excluding carboxylic acids is 1. The molecule has 152 valence electrons. The molecule has 4 aromatic rings. The maximum absolute atomic E-state index is 13.1. The third-order valence-corrected chi connectivity index (χ3v) is 5.41. The smallest absolute Gasteiger partial charge is 0.281 e. The van der Waals surface area contributed by atoms with Crippen LogP contribution in [0.5, 0.6) is 5.88 Å². The number of nitrogens with zero attached hydrogens (tertiary/aromatic N) is 3. The molecule has 0 unspecified atom stereocenters. The van der Waals surface area contributed by atoms with Gasteiger partial charge in [-0.2, -0.15) is 5.10 Å². The molecule has 5 heteroatoms. The lowest BCUT2D eigenvalue weighted by molar-refractivity contribution is -0.135. The first kappa shape index (κ1) is 19.0. The Labute approximate surface area is 180 Å². The van der Waals surface area contributed by atoms with Crippen molar-refractivity contribution < 1.29 is 9.53 Å². The predicted molar refractivity (Wildman–Crippen MR) is 121 cm³/mol. The van der Waals surface area contributed by atoms with Gasteiger partial charge < -0.3 is 4.74 Å². The first-order valence-corrected chi connectivity index (χ1v) is 10.3. The Kier molecular flexibility index (Phi) is 5.15. The molecule has 1 atom stereocenters. The fourth-order valence-electron chi connectivity index (χ4n) is 3.85. The number of amides is 1. The quantitative estimate of drug-likeness (QED) is 0.468. The Bertz CT molecular complexity index is 1240. The van der Waals surface area contributed by atoms with Crippen LogP contribution in [0.3, 0.4) is 0 Å². The van der Waals surface area contributed by atoms with Gasteiger partial charge in [-0.3, -0.25) is 4.79 Å². The summed E-state index contributed by atoms with van der Waals surface area (Å²) in [5.41, 5.74) is 2.97. The minimum absolute atomic E-state index is 0.116. The van der Waals surface area contributed by atoms with Crippen LogP contribution in [0, 0.1) is 0 Å². The molecule has 0 spiro atoms. The standard InChI is InChI=1S/C26H21N3O2/c30-26(18-31-25-12-6-7-15-27-25)29-24(20-9-2-1-3-10-20)17-23(28-29)22-14-13-19-8-4-5-11-21(19)16-22/h1-16,24H,17-18H2/t24-/m0/s1. The molecule has 0 saturated carbocycles. The first-order valence-electron chi connectivity index (χ1n) is 10.3. The van der Waals surface area contributed by atoms with Crippen LogP contribution in [-0.4, -0.2) is 28.2 Å². The van der Waals surface area contributed by atoms with Crippen molar-refractivity contribution in [2.24, 2.45) is 5.10 Å². The number of pyridine rings is 1. The van der Waals surface area contributed by atoms with Crippen molar-refractivity contribution in [2.45, 2.75) is 12.5 Å². The molecule has 0 N–H and O–H groups in total. The van der Waals surface area contributed by atoms with E-state index in [-0.39, 0.29) is 18.6 Å². The SMILES string of the molecule is O=C(COc1ccccn1)N1N=C(c2ccc3ccccc3c2)C[C@H]1c1ccccc1. The van der Waals surface area contributed by atoms with Crippen LogP contribution in [0.4, 0.5) is 0 Å². The molecule has 31 heavy (non-hydrogen) atoms. The highest BCUT2D eigenvalue weighted by Crippen LogP contribution is 2.33. The van der Waals surface area contributed by atoms with Crippen LogP contribution in [0.2, 0.25) is 0 Å². The first-order chi connectivity index (χ1) is 15.3. The van der Waals surface area contributed by atoms with Crippen molar-refractivity contribution in [3.63, 3.8) is 0 Å². The Morgan fingerprint density at radius 3 is 2.48 bits per heavy atom. The highest BCUT2D eigenvalue weighted by atomic mass is 16.5. The maximum Gasteiger partial charge on any atom is 0.281 e. The molecule has 0 aliphatic carbocycles. The van der Waals surface area contributed by atoms with E-state index in [9.17, 15) is 4.79 Å². The predicted octanol–water partition coefficient (Wildman–Crippen LogP) is 4.99. The molecule has 1 aromatic heterocycles. The second-order valence-corrected chi connectivity index (χ2v) is 7.43. The van der Waals surface area contributed by atoms with Crippen molar-refractivity contribution >= 4 is 22.4 Å². The third-order valence-electron chi connectivity index (χ3n) is 5.41. The number of fused-ring (bicyclic) bond motifs is 1. The molecular weight excluding hydrogens is 386 g/mol. The number of benzene rings is 3. The number of hydrazone groups is 1. The Morgan fingerprint density at radius 1 is 0.903 bits per heavy atom. The molecule has 0 fully saturated rings. The summed E-state index contributed by atoms with van der Waals surface area (Å²) < 4.78 is 5.59. The molecule has 2 heterocycles. The summed E-state index contributed by atoms with van der Waals surface area (Å²) in [5, 5.41) is 8.63. The second kappa shape index (κ2) is 8.40. The van der Waals surface area contributed by atoms with Gasteiger partial charge in [-0.05, 0) is 34.0 Å². The zero-order chi connectivity index (χ0) is 21.0. The number of hydrogen-bond acceptors (Lipinski definition) is 4. The van der Waals surface area contributed by atoms with Crippen molar-refractivity contribution in [1.82, 2.24) is 9.99 Å². The minimum Gasteiger partial charge on any atom is -0.467 e. The van der Waals surface area contributed by atoms with Crippen LogP contribution in [0.1, 0.15) is 23.6 Å². The summed E-state index contributed by atoms with van der Waals surface area (Å²) in [7, 11) is 0. The van der Waals surface area contributed by atoms with E-state index >= 15 is 0 Å². The summed E-state index contributed by atoms with van der Waals surface area (Å²) in [6, 6.07) is 29.7. The van der Waals surface area contributed by atoms with Gasteiger partial charge in [0.2, 0.25) is 5.88 Å². The molecule has 1 aliphatic heterocycles. The number of hydrogen-bond donors (Lipinski definition) is 0. The van der Waals surface area contributed by atoms with Crippen molar-refractivity contribution in [1.29, 1.82) is 0 Å². The van der Waals surface area contributed by atoms with E-state index in [1.807, 2.05) is 48.5 Å². The number of carbonyl (C=O) groups is 1. The molecule has 3 aromatic carbocycles. The fourth-order valence-corrected chi connectivity index (χ4v) is 3.85. The van der Waals surface area contributed by atoms with E-state index in [1.165, 1.54) is 5.39 Å². The molecule has 1 aliphatic rings. The van der Waals surface area contributed by atoms with E-state index in [1.54, 1.807) is 23.3 Å². The summed E-state index contributed by atoms with van der Waals surface area (Å²) in [6.07, 6.45) is 2.29. The van der Waals surface area contributed by atoms with Gasteiger partial charge in [0.15, 0.2) is 6.61 Å². The van der Waals surface area contributed by atoms with Gasteiger partial charge in [0.1, 0.15) is 0 Å². The molecule has 5 nitrogen and oxygen atoms in total. The molecule has 0 bridgehead atoms.